The SMILES string of the molecule is CCC(C)SCc1ccc(Cl)nc1. The Morgan fingerprint density at radius 3 is 2.85 bits per heavy atom. The van der Waals surface area contributed by atoms with E-state index in [9.17, 15) is 0 Å². The van der Waals surface area contributed by atoms with Crippen LogP contribution in [-0.4, -0.2) is 10.2 Å². The monoisotopic (exact) mass is 215 g/mol. The Bertz CT molecular complexity index is 248. The zero-order chi connectivity index (χ0) is 9.68. The fourth-order valence-electron chi connectivity index (χ4n) is 0.848. The second-order valence-electron chi connectivity index (χ2n) is 3.02. The molecule has 0 bridgehead atoms. The van der Waals surface area contributed by atoms with Gasteiger partial charge in [-0.15, -0.1) is 0 Å². The number of rotatable bonds is 4. The van der Waals surface area contributed by atoms with Crippen molar-refractivity contribution in [2.75, 3.05) is 0 Å². The first kappa shape index (κ1) is 10.9. The maximum atomic E-state index is 5.68. The largest absolute Gasteiger partial charge is 0.244 e. The molecular formula is C10H14ClNS. The molecule has 1 aromatic rings. The molecule has 1 unspecified atom stereocenters. The number of thioether (sulfide) groups is 1. The summed E-state index contributed by atoms with van der Waals surface area (Å²) < 4.78 is 0. The van der Waals surface area contributed by atoms with Gasteiger partial charge in [0, 0.05) is 17.2 Å². The molecule has 0 aliphatic carbocycles. The van der Waals surface area contributed by atoms with Gasteiger partial charge in [-0.1, -0.05) is 31.5 Å². The lowest BCUT2D eigenvalue weighted by molar-refractivity contribution is 0.905. The molecule has 0 saturated carbocycles. The van der Waals surface area contributed by atoms with Crippen LogP contribution >= 0.6 is 23.4 Å². The Balaban J connectivity index is 2.41. The van der Waals surface area contributed by atoms with Gasteiger partial charge >= 0.3 is 0 Å². The molecule has 1 rings (SSSR count). The smallest absolute Gasteiger partial charge is 0.129 e. The van der Waals surface area contributed by atoms with Crippen LogP contribution in [0.25, 0.3) is 0 Å². The molecule has 0 radical (unpaired) electrons. The summed E-state index contributed by atoms with van der Waals surface area (Å²) in [5, 5.41) is 1.29. The Kier molecular flexibility index (Phi) is 4.60. The average molecular weight is 216 g/mol. The van der Waals surface area contributed by atoms with Crippen molar-refractivity contribution >= 4 is 23.4 Å². The van der Waals surface area contributed by atoms with E-state index < -0.39 is 0 Å². The lowest BCUT2D eigenvalue weighted by Gasteiger charge is -2.07. The third-order valence-electron chi connectivity index (χ3n) is 1.90. The van der Waals surface area contributed by atoms with Crippen LogP contribution in [0.5, 0.6) is 0 Å². The standard InChI is InChI=1S/C10H14ClNS/c1-3-8(2)13-7-9-4-5-10(11)12-6-9/h4-6,8H,3,7H2,1-2H3. The maximum Gasteiger partial charge on any atom is 0.129 e. The highest BCUT2D eigenvalue weighted by molar-refractivity contribution is 7.99. The number of nitrogens with zero attached hydrogens (tertiary/aromatic N) is 1. The van der Waals surface area contributed by atoms with Crippen molar-refractivity contribution in [2.24, 2.45) is 0 Å². The average Bonchev–Trinajstić information content (AvgIpc) is 2.16. The Morgan fingerprint density at radius 2 is 2.31 bits per heavy atom. The Hall–Kier alpha value is -0.210. The minimum atomic E-state index is 0.567. The van der Waals surface area contributed by atoms with Gasteiger partial charge in [0.25, 0.3) is 0 Å². The van der Waals surface area contributed by atoms with Gasteiger partial charge in [-0.2, -0.15) is 11.8 Å². The molecule has 0 saturated heterocycles. The van der Waals surface area contributed by atoms with Crippen molar-refractivity contribution in [3.8, 4) is 0 Å². The number of pyridine rings is 1. The third kappa shape index (κ3) is 4.01. The van der Waals surface area contributed by atoms with Crippen LogP contribution in [0, 0.1) is 0 Å². The lowest BCUT2D eigenvalue weighted by Crippen LogP contribution is -1.93. The number of hydrogen-bond donors (Lipinski definition) is 0. The molecule has 1 aromatic heterocycles. The van der Waals surface area contributed by atoms with Crippen molar-refractivity contribution < 1.29 is 0 Å². The van der Waals surface area contributed by atoms with Crippen molar-refractivity contribution in [2.45, 2.75) is 31.3 Å². The molecule has 0 aliphatic heterocycles. The molecule has 0 N–H and O–H groups in total. The molecule has 1 heterocycles. The van der Waals surface area contributed by atoms with Crippen LogP contribution in [0.3, 0.4) is 0 Å². The Labute approximate surface area is 88.9 Å². The summed E-state index contributed by atoms with van der Waals surface area (Å²) in [6.07, 6.45) is 3.06. The predicted molar refractivity (Wildman–Crippen MR) is 60.3 cm³/mol. The van der Waals surface area contributed by atoms with Gasteiger partial charge in [-0.25, -0.2) is 4.98 Å². The molecule has 0 amide bonds. The highest BCUT2D eigenvalue weighted by atomic mass is 35.5. The first-order chi connectivity index (χ1) is 6.22. The van der Waals surface area contributed by atoms with Crippen LogP contribution in [0.2, 0.25) is 5.15 Å². The molecular weight excluding hydrogens is 202 g/mol. The van der Waals surface area contributed by atoms with E-state index in [-0.39, 0.29) is 0 Å². The number of halogens is 1. The maximum absolute atomic E-state index is 5.68. The van der Waals surface area contributed by atoms with Crippen LogP contribution in [-0.2, 0) is 5.75 Å². The van der Waals surface area contributed by atoms with E-state index in [0.29, 0.717) is 5.15 Å². The number of aromatic nitrogens is 1. The van der Waals surface area contributed by atoms with E-state index in [0.717, 1.165) is 11.0 Å². The summed E-state index contributed by atoms with van der Waals surface area (Å²) in [7, 11) is 0. The molecule has 1 atom stereocenters. The minimum Gasteiger partial charge on any atom is -0.244 e. The molecule has 0 aromatic carbocycles. The summed E-state index contributed by atoms with van der Waals surface area (Å²) in [5.41, 5.74) is 1.25. The van der Waals surface area contributed by atoms with Gasteiger partial charge in [0.05, 0.1) is 0 Å². The summed E-state index contributed by atoms with van der Waals surface area (Å²) in [6, 6.07) is 3.87. The van der Waals surface area contributed by atoms with Gasteiger partial charge in [-0.05, 0) is 18.1 Å². The van der Waals surface area contributed by atoms with Crippen LogP contribution in [0.1, 0.15) is 25.8 Å². The van der Waals surface area contributed by atoms with E-state index in [1.54, 1.807) is 0 Å². The lowest BCUT2D eigenvalue weighted by atomic mass is 10.3. The van der Waals surface area contributed by atoms with E-state index in [2.05, 4.69) is 18.8 Å². The minimum absolute atomic E-state index is 0.567. The third-order valence-corrected chi connectivity index (χ3v) is 3.52. The normalized spacial score (nSPS) is 12.8. The van der Waals surface area contributed by atoms with Crippen LogP contribution in [0.4, 0.5) is 0 Å². The summed E-state index contributed by atoms with van der Waals surface area (Å²) in [6.45, 7) is 4.45. The first-order valence-electron chi connectivity index (χ1n) is 4.44. The quantitative estimate of drug-likeness (QED) is 0.710. The highest BCUT2D eigenvalue weighted by Crippen LogP contribution is 2.19. The topological polar surface area (TPSA) is 12.9 Å². The van der Waals surface area contributed by atoms with Gasteiger partial charge < -0.3 is 0 Å². The molecule has 0 spiro atoms. The van der Waals surface area contributed by atoms with E-state index in [1.807, 2.05) is 30.1 Å². The number of hydrogen-bond acceptors (Lipinski definition) is 2. The fourth-order valence-corrected chi connectivity index (χ4v) is 1.84. The van der Waals surface area contributed by atoms with Crippen molar-refractivity contribution in [3.63, 3.8) is 0 Å². The molecule has 1 nitrogen and oxygen atoms in total. The zero-order valence-electron chi connectivity index (χ0n) is 7.96. The van der Waals surface area contributed by atoms with Gasteiger partial charge in [0.2, 0.25) is 0 Å². The first-order valence-corrected chi connectivity index (χ1v) is 5.87. The molecule has 13 heavy (non-hydrogen) atoms. The fraction of sp³-hybridized carbons (Fsp3) is 0.500. The second kappa shape index (κ2) is 5.51. The van der Waals surface area contributed by atoms with E-state index in [1.165, 1.54) is 12.0 Å². The van der Waals surface area contributed by atoms with Crippen LogP contribution in [0.15, 0.2) is 18.3 Å². The summed E-state index contributed by atoms with van der Waals surface area (Å²) in [5.74, 6) is 1.03. The summed E-state index contributed by atoms with van der Waals surface area (Å²) >= 11 is 7.64. The Morgan fingerprint density at radius 1 is 1.54 bits per heavy atom. The second-order valence-corrected chi connectivity index (χ2v) is 4.83. The zero-order valence-corrected chi connectivity index (χ0v) is 9.53. The molecule has 0 fully saturated rings. The highest BCUT2D eigenvalue weighted by Gasteiger charge is 2.00. The van der Waals surface area contributed by atoms with E-state index in [4.69, 9.17) is 11.6 Å². The van der Waals surface area contributed by atoms with Crippen molar-refractivity contribution in [1.29, 1.82) is 0 Å². The van der Waals surface area contributed by atoms with Gasteiger partial charge in [0.15, 0.2) is 0 Å². The molecule has 3 heteroatoms. The molecule has 0 aliphatic rings. The van der Waals surface area contributed by atoms with Gasteiger partial charge in [0.1, 0.15) is 5.15 Å². The van der Waals surface area contributed by atoms with Gasteiger partial charge in [-0.3, -0.25) is 0 Å². The summed E-state index contributed by atoms with van der Waals surface area (Å²) in [4.78, 5) is 4.03. The van der Waals surface area contributed by atoms with Crippen molar-refractivity contribution in [3.05, 3.63) is 29.0 Å². The molecule has 72 valence electrons. The predicted octanol–water partition coefficient (Wildman–Crippen LogP) is 3.77. The van der Waals surface area contributed by atoms with Crippen molar-refractivity contribution in [1.82, 2.24) is 4.98 Å². The van der Waals surface area contributed by atoms with E-state index >= 15 is 0 Å². The van der Waals surface area contributed by atoms with Crippen LogP contribution < -0.4 is 0 Å².